The van der Waals surface area contributed by atoms with Gasteiger partial charge in [0.25, 0.3) is 0 Å². The number of esters is 1. The molecule has 0 aliphatic carbocycles. The SMILES string of the molecule is CC(C)(C)[NH3+].CO.COC(=O)c1c(Br)c(Br)c(Br)c(Br)c1C(=O)[O-]. The molecule has 0 saturated heterocycles. The van der Waals surface area contributed by atoms with Gasteiger partial charge >= 0.3 is 5.97 Å². The third kappa shape index (κ3) is 8.39. The monoisotopic (exact) mass is 597 g/mol. The lowest BCUT2D eigenvalue weighted by Crippen LogP contribution is -2.67. The predicted octanol–water partition coefficient (Wildman–Crippen LogP) is 2.52. The zero-order chi connectivity index (χ0) is 19.8. The van der Waals surface area contributed by atoms with E-state index in [-0.39, 0.29) is 25.6 Å². The van der Waals surface area contributed by atoms with E-state index in [4.69, 9.17) is 5.11 Å². The molecule has 4 N–H and O–H groups in total. The topological polar surface area (TPSA) is 114 Å². The molecule has 0 radical (unpaired) electrons. The van der Waals surface area contributed by atoms with Crippen molar-refractivity contribution in [3.05, 3.63) is 29.0 Å². The van der Waals surface area contributed by atoms with Crippen molar-refractivity contribution < 1.29 is 30.3 Å². The molecule has 0 bridgehead atoms. The Morgan fingerprint density at radius 1 is 0.958 bits per heavy atom. The van der Waals surface area contributed by atoms with Gasteiger partial charge in [0.05, 0.1) is 24.2 Å². The third-order valence-corrected chi connectivity index (χ3v) is 6.63. The zero-order valence-electron chi connectivity index (χ0n) is 13.8. The average molecular weight is 601 g/mol. The number of hydrogen-bond acceptors (Lipinski definition) is 5. The molecule has 1 rings (SSSR count). The number of methoxy groups -OCH3 is 1. The summed E-state index contributed by atoms with van der Waals surface area (Å²) in [5.74, 6) is -2.25. The van der Waals surface area contributed by atoms with Gasteiger partial charge < -0.3 is 25.5 Å². The number of carbonyl (C=O) groups excluding carboxylic acids is 2. The van der Waals surface area contributed by atoms with E-state index < -0.39 is 11.9 Å². The van der Waals surface area contributed by atoms with Crippen LogP contribution in [-0.4, -0.2) is 36.8 Å². The number of hydrogen-bond donors (Lipinski definition) is 2. The summed E-state index contributed by atoms with van der Waals surface area (Å²) >= 11 is 12.6. The first-order chi connectivity index (χ1) is 10.8. The fraction of sp³-hybridized carbons (Fsp3) is 0.429. The van der Waals surface area contributed by atoms with Crippen molar-refractivity contribution in [1.82, 2.24) is 0 Å². The van der Waals surface area contributed by atoms with E-state index in [0.717, 1.165) is 14.2 Å². The molecule has 138 valence electrons. The van der Waals surface area contributed by atoms with E-state index >= 15 is 0 Å². The third-order valence-electron chi connectivity index (χ3n) is 1.86. The summed E-state index contributed by atoms with van der Waals surface area (Å²) in [4.78, 5) is 22.6. The molecule has 6 nitrogen and oxygen atoms in total. The number of rotatable bonds is 2. The van der Waals surface area contributed by atoms with E-state index in [1.54, 1.807) is 0 Å². The molecule has 0 amide bonds. The first-order valence-corrected chi connectivity index (χ1v) is 9.45. The molecule has 0 heterocycles. The number of quaternary nitrogens is 1. The summed E-state index contributed by atoms with van der Waals surface area (Å²) < 4.78 is 5.97. The van der Waals surface area contributed by atoms with Crippen LogP contribution in [0.2, 0.25) is 0 Å². The molecule has 0 aromatic heterocycles. The molecule has 0 aliphatic heterocycles. The smallest absolute Gasteiger partial charge is 0.339 e. The van der Waals surface area contributed by atoms with Gasteiger partial charge in [-0.3, -0.25) is 0 Å². The fourth-order valence-electron chi connectivity index (χ4n) is 1.12. The average Bonchev–Trinajstić information content (AvgIpc) is 2.47. The summed E-state index contributed by atoms with van der Waals surface area (Å²) in [6.07, 6.45) is 0. The van der Waals surface area contributed by atoms with Crippen molar-refractivity contribution in [1.29, 1.82) is 0 Å². The minimum atomic E-state index is -1.48. The Hall–Kier alpha value is -0.000000000000000222. The normalized spacial score (nSPS) is 9.96. The van der Waals surface area contributed by atoms with Crippen LogP contribution in [-0.2, 0) is 4.74 Å². The lowest BCUT2D eigenvalue weighted by atomic mass is 10.1. The Morgan fingerprint density at radius 2 is 1.25 bits per heavy atom. The van der Waals surface area contributed by atoms with Gasteiger partial charge in [-0.15, -0.1) is 0 Å². The summed E-state index contributed by atoms with van der Waals surface area (Å²) in [6.45, 7) is 6.23. The van der Waals surface area contributed by atoms with Gasteiger partial charge in [-0.25, -0.2) is 4.79 Å². The molecule has 0 saturated carbocycles. The van der Waals surface area contributed by atoms with Crippen molar-refractivity contribution in [2.75, 3.05) is 14.2 Å². The summed E-state index contributed by atoms with van der Waals surface area (Å²) in [6, 6.07) is 0. The van der Waals surface area contributed by atoms with Crippen molar-refractivity contribution in [3.8, 4) is 0 Å². The molecule has 1 aromatic rings. The maximum Gasteiger partial charge on any atom is 0.339 e. The highest BCUT2D eigenvalue weighted by Gasteiger charge is 2.24. The molecule has 0 aliphatic rings. The van der Waals surface area contributed by atoms with Gasteiger partial charge in [0.1, 0.15) is 0 Å². The molecule has 0 spiro atoms. The summed E-state index contributed by atoms with van der Waals surface area (Å²) in [7, 11) is 2.16. The fourth-order valence-corrected chi connectivity index (χ4v) is 3.56. The molecule has 10 heteroatoms. The summed E-state index contributed by atoms with van der Waals surface area (Å²) in [5, 5.41) is 18.1. The second-order valence-corrected chi connectivity index (χ2v) is 8.52. The van der Waals surface area contributed by atoms with Gasteiger partial charge in [0.15, 0.2) is 0 Å². The largest absolute Gasteiger partial charge is 0.545 e. The molecule has 24 heavy (non-hydrogen) atoms. The Labute approximate surface area is 174 Å². The van der Waals surface area contributed by atoms with Gasteiger partial charge in [-0.2, -0.15) is 0 Å². The number of aliphatic hydroxyl groups excluding tert-OH is 1. The Morgan fingerprint density at radius 3 is 1.50 bits per heavy atom. The number of aromatic carboxylic acids is 1. The first-order valence-electron chi connectivity index (χ1n) is 6.28. The van der Waals surface area contributed by atoms with Crippen LogP contribution in [0.4, 0.5) is 0 Å². The number of carboxylic acid groups (broad SMARTS) is 1. The van der Waals surface area contributed by atoms with Crippen LogP contribution in [0.5, 0.6) is 0 Å². The molecule has 0 atom stereocenters. The Balaban J connectivity index is 0. The minimum absolute atomic E-state index is 0.116. The van der Waals surface area contributed by atoms with Crippen LogP contribution >= 0.6 is 63.7 Å². The standard InChI is InChI=1S/C9H4Br4O4.C4H11N.CH4O/c1-17-9(16)3-2(8(14)15)4(10)6(12)7(13)5(3)11;1-4(2,3)5;1-2/h1H3,(H,14,15);5H2,1-3H3;2H,1H3. The highest BCUT2D eigenvalue weighted by Crippen LogP contribution is 2.42. The Kier molecular flexibility index (Phi) is 12.7. The number of ether oxygens (including phenoxy) is 1. The predicted molar refractivity (Wildman–Crippen MR) is 104 cm³/mol. The molecular formula is C14H19Br4NO5. The zero-order valence-corrected chi connectivity index (χ0v) is 20.1. The lowest BCUT2D eigenvalue weighted by Gasteiger charge is -2.16. The number of carboxylic acids is 1. The van der Waals surface area contributed by atoms with Crippen molar-refractivity contribution in [3.63, 3.8) is 0 Å². The number of carbonyl (C=O) groups is 2. The van der Waals surface area contributed by atoms with Gasteiger partial charge in [-0.05, 0) is 84.5 Å². The van der Waals surface area contributed by atoms with Crippen LogP contribution in [0.1, 0.15) is 41.5 Å². The molecule has 0 unspecified atom stereocenters. The van der Waals surface area contributed by atoms with Crippen molar-refractivity contribution in [2.24, 2.45) is 0 Å². The first kappa shape index (κ1) is 26.2. The maximum atomic E-state index is 11.6. The molecule has 1 aromatic carbocycles. The van der Waals surface area contributed by atoms with E-state index in [1.807, 2.05) is 0 Å². The van der Waals surface area contributed by atoms with E-state index in [0.29, 0.717) is 8.95 Å². The molecule has 0 fully saturated rings. The van der Waals surface area contributed by atoms with Crippen molar-refractivity contribution in [2.45, 2.75) is 26.3 Å². The highest BCUT2D eigenvalue weighted by atomic mass is 79.9. The maximum absolute atomic E-state index is 11.6. The number of halogens is 4. The van der Waals surface area contributed by atoms with Crippen molar-refractivity contribution >= 4 is 75.7 Å². The second-order valence-electron chi connectivity index (χ2n) is 5.35. The van der Waals surface area contributed by atoms with Crippen LogP contribution in [0.15, 0.2) is 17.9 Å². The van der Waals surface area contributed by atoms with Gasteiger partial charge in [0, 0.05) is 30.6 Å². The minimum Gasteiger partial charge on any atom is -0.545 e. The van der Waals surface area contributed by atoms with E-state index in [2.05, 4.69) is 95.0 Å². The number of benzene rings is 1. The Bertz CT molecular complexity index is 594. The van der Waals surface area contributed by atoms with Crippen LogP contribution in [0.25, 0.3) is 0 Å². The van der Waals surface area contributed by atoms with Gasteiger partial charge in [0.2, 0.25) is 0 Å². The quantitative estimate of drug-likeness (QED) is 0.308. The number of aliphatic hydroxyl groups is 1. The van der Waals surface area contributed by atoms with E-state index in [1.165, 1.54) is 0 Å². The highest BCUT2D eigenvalue weighted by molar-refractivity contribution is 9.15. The van der Waals surface area contributed by atoms with Crippen LogP contribution in [0, 0.1) is 0 Å². The van der Waals surface area contributed by atoms with Crippen LogP contribution in [0.3, 0.4) is 0 Å². The second kappa shape index (κ2) is 11.6. The summed E-state index contributed by atoms with van der Waals surface area (Å²) in [5.41, 5.74) is 3.63. The molecular weight excluding hydrogens is 582 g/mol. The van der Waals surface area contributed by atoms with Gasteiger partial charge in [-0.1, -0.05) is 0 Å². The van der Waals surface area contributed by atoms with E-state index in [9.17, 15) is 14.7 Å². The van der Waals surface area contributed by atoms with Crippen LogP contribution < -0.4 is 10.8 Å². The lowest BCUT2D eigenvalue weighted by molar-refractivity contribution is -0.458.